The zero-order chi connectivity index (χ0) is 35.6. The molecule has 1 aliphatic rings. The second-order valence-electron chi connectivity index (χ2n) is 13.7. The summed E-state index contributed by atoms with van der Waals surface area (Å²) in [5.41, 5.74) is 9.19. The summed E-state index contributed by atoms with van der Waals surface area (Å²) >= 11 is 1.85. The number of furan rings is 1. The van der Waals surface area contributed by atoms with E-state index < -0.39 is 0 Å². The molecule has 254 valence electrons. The topological polar surface area (TPSA) is 49.9 Å². The fraction of sp³-hybridized carbons (Fsp3) is 0.0204. The van der Waals surface area contributed by atoms with Crippen molar-refractivity contribution in [3.63, 3.8) is 0 Å². The third kappa shape index (κ3) is 5.05. The quantitative estimate of drug-likeness (QED) is 0.193. The van der Waals surface area contributed by atoms with E-state index in [4.69, 9.17) is 14.4 Å². The summed E-state index contributed by atoms with van der Waals surface area (Å²) in [5.74, 6) is 1.44. The first kappa shape index (κ1) is 30.8. The maximum atomic E-state index is 6.79. The van der Waals surface area contributed by atoms with E-state index in [1.165, 1.54) is 36.5 Å². The number of nitrogens with zero attached hydrogens (tertiary/aromatic N) is 2. The molecule has 0 aliphatic carbocycles. The Hall–Kier alpha value is -6.82. The van der Waals surface area contributed by atoms with Crippen LogP contribution in [-0.2, 0) is 0 Å². The van der Waals surface area contributed by atoms with Gasteiger partial charge in [0.05, 0.1) is 0 Å². The molecule has 10 aromatic rings. The second kappa shape index (κ2) is 12.4. The van der Waals surface area contributed by atoms with Gasteiger partial charge >= 0.3 is 0 Å². The van der Waals surface area contributed by atoms with Crippen LogP contribution < -0.4 is 5.32 Å². The highest BCUT2D eigenvalue weighted by Crippen LogP contribution is 2.43. The first-order valence-corrected chi connectivity index (χ1v) is 19.0. The van der Waals surface area contributed by atoms with Gasteiger partial charge in [-0.15, -0.1) is 11.3 Å². The van der Waals surface area contributed by atoms with Crippen LogP contribution in [0.1, 0.15) is 22.9 Å². The molecule has 5 heteroatoms. The largest absolute Gasteiger partial charge is 0.455 e. The zero-order valence-electron chi connectivity index (χ0n) is 29.0. The lowest BCUT2D eigenvalue weighted by atomic mass is 9.96. The first-order valence-electron chi connectivity index (χ1n) is 18.2. The second-order valence-corrected chi connectivity index (χ2v) is 14.8. The van der Waals surface area contributed by atoms with Gasteiger partial charge in [0.2, 0.25) is 0 Å². The summed E-state index contributed by atoms with van der Waals surface area (Å²) in [6.07, 6.45) is -0.320. The molecule has 54 heavy (non-hydrogen) atoms. The molecule has 1 N–H and O–H groups in total. The van der Waals surface area contributed by atoms with E-state index >= 15 is 0 Å². The molecule has 2 aromatic heterocycles. The molecule has 3 heterocycles. The van der Waals surface area contributed by atoms with Crippen LogP contribution in [0.3, 0.4) is 0 Å². The van der Waals surface area contributed by atoms with Crippen LogP contribution in [-0.4, -0.2) is 11.7 Å². The Labute approximate surface area is 315 Å². The van der Waals surface area contributed by atoms with Gasteiger partial charge in [0.1, 0.15) is 23.2 Å². The van der Waals surface area contributed by atoms with Gasteiger partial charge in [0, 0.05) is 47.6 Å². The van der Waals surface area contributed by atoms with E-state index in [9.17, 15) is 0 Å². The smallest absolute Gasteiger partial charge is 0.159 e. The van der Waals surface area contributed by atoms with Gasteiger partial charge in [-0.25, -0.2) is 9.98 Å². The monoisotopic (exact) mass is 709 g/mol. The Kier molecular flexibility index (Phi) is 7.07. The molecule has 11 rings (SSSR count). The minimum absolute atomic E-state index is 0.320. The third-order valence-corrected chi connectivity index (χ3v) is 11.7. The van der Waals surface area contributed by atoms with Crippen molar-refractivity contribution in [2.24, 2.45) is 9.98 Å². The van der Waals surface area contributed by atoms with Gasteiger partial charge < -0.3 is 9.73 Å². The minimum atomic E-state index is -0.320. The summed E-state index contributed by atoms with van der Waals surface area (Å²) in [4.78, 5) is 10.4. The normalized spacial score (nSPS) is 14.5. The third-order valence-electron chi connectivity index (χ3n) is 10.6. The highest BCUT2D eigenvalue weighted by molar-refractivity contribution is 7.26. The van der Waals surface area contributed by atoms with Crippen LogP contribution in [0.4, 0.5) is 0 Å². The van der Waals surface area contributed by atoms with Crippen molar-refractivity contribution in [2.75, 3.05) is 0 Å². The molecule has 4 nitrogen and oxygen atoms in total. The van der Waals surface area contributed by atoms with Crippen LogP contribution in [0.25, 0.3) is 75.1 Å². The van der Waals surface area contributed by atoms with E-state index in [1.54, 1.807) is 0 Å². The molecule has 1 unspecified atom stereocenters. The number of para-hydroxylation sites is 1. The molecular weight excluding hydrogens is 679 g/mol. The lowest BCUT2D eigenvalue weighted by Gasteiger charge is -2.24. The number of amidine groups is 2. The predicted octanol–water partition coefficient (Wildman–Crippen LogP) is 12.9. The molecule has 0 saturated carbocycles. The van der Waals surface area contributed by atoms with Crippen molar-refractivity contribution in [1.82, 2.24) is 5.32 Å². The van der Waals surface area contributed by atoms with E-state index in [-0.39, 0.29) is 6.17 Å². The molecule has 0 radical (unpaired) electrons. The number of thiophene rings is 1. The fourth-order valence-corrected chi connectivity index (χ4v) is 9.03. The SMILES string of the molecule is c1ccc(-c2ccc(C3=NC(c4ccccc4)NC(c4ccc(-c5ccc6sc7ccc8ccccc8c7c6c5)c5oc6ccccc6c45)=N3)cc2)cc1. The Bertz CT molecular complexity index is 3120. The molecule has 8 aromatic carbocycles. The molecule has 0 saturated heterocycles. The van der Waals surface area contributed by atoms with Gasteiger partial charge in [-0.2, -0.15) is 0 Å². The van der Waals surface area contributed by atoms with Crippen molar-refractivity contribution in [2.45, 2.75) is 6.17 Å². The number of fused-ring (bicyclic) bond motifs is 8. The molecule has 0 bridgehead atoms. The van der Waals surface area contributed by atoms with Crippen molar-refractivity contribution in [3.8, 4) is 22.3 Å². The summed E-state index contributed by atoms with van der Waals surface area (Å²) in [5, 5.41) is 10.9. The van der Waals surface area contributed by atoms with Crippen LogP contribution in [0.2, 0.25) is 0 Å². The maximum Gasteiger partial charge on any atom is 0.159 e. The van der Waals surface area contributed by atoms with Crippen LogP contribution in [0.5, 0.6) is 0 Å². The zero-order valence-corrected chi connectivity index (χ0v) is 29.8. The van der Waals surface area contributed by atoms with Gasteiger partial charge in [-0.05, 0) is 69.4 Å². The standard InChI is InChI=1S/C49H31N3OS/c1-3-11-30(12-4-1)31-19-21-34(22-20-31)48-50-47(33-14-5-2-6-15-33)51-49(52-48)39-26-25-37(46-45(39)38-17-9-10-18-41(38)53-46)35-24-27-42-40(29-35)44-36-16-8-7-13-32(36)23-28-43(44)54-42/h1-29,47H,(H,50,51,52). The van der Waals surface area contributed by atoms with E-state index in [0.29, 0.717) is 5.84 Å². The molecule has 0 spiro atoms. The van der Waals surface area contributed by atoms with Gasteiger partial charge in [-0.3, -0.25) is 0 Å². The van der Waals surface area contributed by atoms with Crippen LogP contribution in [0, 0.1) is 0 Å². The van der Waals surface area contributed by atoms with Crippen molar-refractivity contribution in [3.05, 3.63) is 193 Å². The molecular formula is C49H31N3OS. The lowest BCUT2D eigenvalue weighted by Crippen LogP contribution is -2.33. The predicted molar refractivity (Wildman–Crippen MR) is 227 cm³/mol. The summed E-state index contributed by atoms with van der Waals surface area (Å²) in [6.45, 7) is 0. The number of hydrogen-bond donors (Lipinski definition) is 1. The number of aliphatic imine (C=N–C) groups is 2. The fourth-order valence-electron chi connectivity index (χ4n) is 7.93. The Balaban J connectivity index is 1.09. The summed E-state index contributed by atoms with van der Waals surface area (Å²) < 4.78 is 9.36. The highest BCUT2D eigenvalue weighted by Gasteiger charge is 2.25. The van der Waals surface area contributed by atoms with Crippen molar-refractivity contribution < 1.29 is 4.42 Å². The lowest BCUT2D eigenvalue weighted by molar-refractivity contribution is 0.668. The molecule has 1 aliphatic heterocycles. The number of nitrogens with one attached hydrogen (secondary N) is 1. The van der Waals surface area contributed by atoms with Crippen LogP contribution in [0.15, 0.2) is 190 Å². The average molecular weight is 710 g/mol. The van der Waals surface area contributed by atoms with Gasteiger partial charge in [0.25, 0.3) is 0 Å². The average Bonchev–Trinajstić information content (AvgIpc) is 3.83. The van der Waals surface area contributed by atoms with Crippen molar-refractivity contribution >= 4 is 75.9 Å². The number of hydrogen-bond acceptors (Lipinski definition) is 5. The summed E-state index contributed by atoms with van der Waals surface area (Å²) in [7, 11) is 0. The highest BCUT2D eigenvalue weighted by atomic mass is 32.1. The molecule has 0 fully saturated rings. The maximum absolute atomic E-state index is 6.79. The minimum Gasteiger partial charge on any atom is -0.455 e. The summed E-state index contributed by atoms with van der Waals surface area (Å²) in [6, 6.07) is 62.0. The Morgan fingerprint density at radius 2 is 1.17 bits per heavy atom. The first-order chi connectivity index (χ1) is 26.7. The Morgan fingerprint density at radius 3 is 2.02 bits per heavy atom. The van der Waals surface area contributed by atoms with Gasteiger partial charge in [-0.1, -0.05) is 140 Å². The van der Waals surface area contributed by atoms with Gasteiger partial charge in [0.15, 0.2) is 5.84 Å². The van der Waals surface area contributed by atoms with Crippen molar-refractivity contribution in [1.29, 1.82) is 0 Å². The molecule has 1 atom stereocenters. The number of rotatable bonds is 5. The van der Waals surface area contributed by atoms with Crippen LogP contribution >= 0.6 is 11.3 Å². The number of benzene rings is 8. The van der Waals surface area contributed by atoms with E-state index in [2.05, 4.69) is 163 Å². The van der Waals surface area contributed by atoms with E-state index in [0.717, 1.165) is 61.2 Å². The van der Waals surface area contributed by atoms with E-state index in [1.807, 2.05) is 29.5 Å². The Morgan fingerprint density at radius 1 is 0.500 bits per heavy atom. The molecule has 0 amide bonds.